The van der Waals surface area contributed by atoms with Crippen molar-refractivity contribution in [3.8, 4) is 16.5 Å². The third-order valence-electron chi connectivity index (χ3n) is 11.2. The van der Waals surface area contributed by atoms with Gasteiger partial charge in [-0.25, -0.2) is 18.4 Å². The van der Waals surface area contributed by atoms with Gasteiger partial charge in [0.25, 0.3) is 11.8 Å². The fourth-order valence-corrected chi connectivity index (χ4v) is 9.96. The number of ether oxygens (including phenoxy) is 1. The first-order chi connectivity index (χ1) is 26.5. The topological polar surface area (TPSA) is 191 Å². The first-order valence-electron chi connectivity index (χ1n) is 18.9. The second kappa shape index (κ2) is 14.9. The minimum atomic E-state index is -3.89. The first kappa shape index (κ1) is 37.0. The number of Topliss-reactive ketones (excluding diaryl/α,β-unsaturated/α-hetero) is 1. The molecule has 288 valence electrons. The molecular formula is C39H43N7O7S2. The van der Waals surface area contributed by atoms with E-state index in [1.807, 2.05) is 53.9 Å². The number of aryl methyl sites for hydroxylation is 1. The number of fused-ring (bicyclic) bond motifs is 3. The smallest absolute Gasteiger partial charge is 0.270 e. The Labute approximate surface area is 322 Å². The normalized spacial score (nSPS) is 27.8. The highest BCUT2D eigenvalue weighted by Gasteiger charge is 2.62. The average Bonchev–Trinajstić information content (AvgIpc) is 3.94. The highest BCUT2D eigenvalue weighted by molar-refractivity contribution is 7.91. The Bertz CT molecular complexity index is 2270. The lowest BCUT2D eigenvalue weighted by Gasteiger charge is -2.26. The fourth-order valence-electron chi connectivity index (χ4n) is 7.89. The van der Waals surface area contributed by atoms with Crippen molar-refractivity contribution < 1.29 is 32.3 Å². The van der Waals surface area contributed by atoms with Crippen LogP contribution in [0, 0.1) is 17.8 Å². The summed E-state index contributed by atoms with van der Waals surface area (Å²) in [5.41, 5.74) is 0.668. The van der Waals surface area contributed by atoms with Gasteiger partial charge in [-0.15, -0.1) is 11.3 Å². The minimum absolute atomic E-state index is 0.113. The van der Waals surface area contributed by atoms with Gasteiger partial charge in [0, 0.05) is 25.1 Å². The van der Waals surface area contributed by atoms with Crippen LogP contribution < -0.4 is 20.1 Å². The molecular weight excluding hydrogens is 743 g/mol. The molecule has 4 aliphatic rings. The van der Waals surface area contributed by atoms with Crippen LogP contribution in [0.15, 0.2) is 66.2 Å². The van der Waals surface area contributed by atoms with E-state index in [1.165, 1.54) is 22.2 Å². The third-order valence-corrected chi connectivity index (χ3v) is 13.9. The Morgan fingerprint density at radius 1 is 0.982 bits per heavy atom. The van der Waals surface area contributed by atoms with E-state index in [0.717, 1.165) is 17.7 Å². The Hall–Kier alpha value is -4.96. The van der Waals surface area contributed by atoms with Crippen LogP contribution in [0.1, 0.15) is 74.7 Å². The Morgan fingerprint density at radius 3 is 2.49 bits per heavy atom. The van der Waals surface area contributed by atoms with Crippen LogP contribution in [-0.2, 0) is 31.5 Å². The number of rotatable bonds is 8. The van der Waals surface area contributed by atoms with Gasteiger partial charge in [-0.3, -0.25) is 28.6 Å². The van der Waals surface area contributed by atoms with Crippen LogP contribution in [0.3, 0.4) is 0 Å². The van der Waals surface area contributed by atoms with Gasteiger partial charge in [-0.2, -0.15) is 5.10 Å². The fraction of sp³-hybridized carbons (Fsp3) is 0.462. The van der Waals surface area contributed by atoms with E-state index in [1.54, 1.807) is 13.1 Å². The predicted molar refractivity (Wildman–Crippen MR) is 204 cm³/mol. The van der Waals surface area contributed by atoms with Crippen LogP contribution in [0.4, 0.5) is 0 Å². The maximum atomic E-state index is 14.7. The van der Waals surface area contributed by atoms with E-state index in [9.17, 15) is 27.6 Å². The van der Waals surface area contributed by atoms with E-state index in [0.29, 0.717) is 54.5 Å². The van der Waals surface area contributed by atoms with Gasteiger partial charge in [-0.1, -0.05) is 43.2 Å². The van der Waals surface area contributed by atoms with Gasteiger partial charge in [-0.05, 0) is 81.0 Å². The summed E-state index contributed by atoms with van der Waals surface area (Å²) in [6.45, 7) is 0. The maximum absolute atomic E-state index is 14.7. The van der Waals surface area contributed by atoms with Crippen molar-refractivity contribution in [2.75, 3.05) is 0 Å². The quantitative estimate of drug-likeness (QED) is 0.218. The number of amides is 3. The molecule has 14 nitrogen and oxygen atoms in total. The largest absolute Gasteiger partial charge is 0.473 e. The number of ketones is 1. The predicted octanol–water partition coefficient (Wildman–Crippen LogP) is 4.24. The third kappa shape index (κ3) is 7.66. The molecule has 3 saturated carbocycles. The average molecular weight is 786 g/mol. The molecule has 1 aromatic carbocycles. The molecule has 3 fully saturated rings. The number of benzene rings is 1. The number of nitrogens with one attached hydrogen (secondary N) is 3. The number of para-hydroxylation sites is 2. The minimum Gasteiger partial charge on any atom is -0.473 e. The molecule has 0 bridgehead atoms. The molecule has 0 saturated heterocycles. The zero-order valence-corrected chi connectivity index (χ0v) is 32.0. The Morgan fingerprint density at radius 2 is 1.76 bits per heavy atom. The monoisotopic (exact) mass is 785 g/mol. The van der Waals surface area contributed by atoms with Gasteiger partial charge in [0.1, 0.15) is 23.0 Å². The summed E-state index contributed by atoms with van der Waals surface area (Å²) in [5, 5.41) is 11.3. The highest BCUT2D eigenvalue weighted by Crippen LogP contribution is 2.47. The molecule has 6 atom stereocenters. The summed E-state index contributed by atoms with van der Waals surface area (Å²) in [6.07, 6.45) is 9.48. The summed E-state index contributed by atoms with van der Waals surface area (Å²) in [4.78, 5) is 67.0. The van der Waals surface area contributed by atoms with Gasteiger partial charge >= 0.3 is 0 Å². The lowest BCUT2D eigenvalue weighted by atomic mass is 9.85. The van der Waals surface area contributed by atoms with Gasteiger partial charge in [0.05, 0.1) is 33.1 Å². The lowest BCUT2D eigenvalue weighted by molar-refractivity contribution is -0.136. The number of hydrogen-bond donors (Lipinski definition) is 3. The van der Waals surface area contributed by atoms with Crippen LogP contribution in [0.25, 0.3) is 21.6 Å². The van der Waals surface area contributed by atoms with Crippen LogP contribution in [0.2, 0.25) is 0 Å². The number of thiophene rings is 1. The SMILES string of the molecule is Cn1nccc1C(=O)N[C@@H]1CCCCC/C=C\C2C[C@@]2(C(=O)NS(=O)(=O)C2CC2)NC(=O)[C@@H]2C[C@@H](Oc3nc4ccccc4nc3-c3cccs3)CC2C1=O. The van der Waals surface area contributed by atoms with Crippen LogP contribution in [0.5, 0.6) is 5.88 Å². The van der Waals surface area contributed by atoms with Gasteiger partial charge < -0.3 is 15.4 Å². The maximum Gasteiger partial charge on any atom is 0.270 e. The van der Waals surface area contributed by atoms with Crippen LogP contribution >= 0.6 is 11.3 Å². The molecule has 1 aliphatic heterocycles. The van der Waals surface area contributed by atoms with E-state index in [4.69, 9.17) is 14.7 Å². The first-order valence-corrected chi connectivity index (χ1v) is 21.3. The van der Waals surface area contributed by atoms with E-state index < -0.39 is 68.4 Å². The second-order valence-corrected chi connectivity index (χ2v) is 18.0. The van der Waals surface area contributed by atoms with Gasteiger partial charge in [0.15, 0.2) is 5.78 Å². The lowest BCUT2D eigenvalue weighted by Crippen LogP contribution is -2.54. The molecule has 3 amide bonds. The number of sulfonamides is 1. The molecule has 3 aromatic heterocycles. The van der Waals surface area contributed by atoms with Crippen molar-refractivity contribution in [3.63, 3.8) is 0 Å². The van der Waals surface area contributed by atoms with E-state index in [-0.39, 0.29) is 30.9 Å². The number of hydrogen-bond acceptors (Lipinski definition) is 11. The molecule has 2 unspecified atom stereocenters. The van der Waals surface area contributed by atoms with E-state index in [2.05, 4.69) is 20.5 Å². The Kier molecular flexibility index (Phi) is 10.0. The van der Waals surface area contributed by atoms with Gasteiger partial charge in [0.2, 0.25) is 21.8 Å². The number of nitrogens with zero attached hydrogens (tertiary/aromatic N) is 4. The zero-order valence-electron chi connectivity index (χ0n) is 30.3. The summed E-state index contributed by atoms with van der Waals surface area (Å²) >= 11 is 1.49. The molecule has 0 radical (unpaired) electrons. The van der Waals surface area contributed by atoms with Crippen molar-refractivity contribution in [1.29, 1.82) is 0 Å². The summed E-state index contributed by atoms with van der Waals surface area (Å²) in [7, 11) is -2.24. The molecule has 55 heavy (non-hydrogen) atoms. The summed E-state index contributed by atoms with van der Waals surface area (Å²) < 4.78 is 36.1. The van der Waals surface area contributed by atoms with Crippen molar-refractivity contribution in [1.82, 2.24) is 35.1 Å². The zero-order chi connectivity index (χ0) is 38.3. The number of allylic oxidation sites excluding steroid dienone is 1. The van der Waals surface area contributed by atoms with Crippen molar-refractivity contribution in [3.05, 3.63) is 71.9 Å². The molecule has 4 heterocycles. The summed E-state index contributed by atoms with van der Waals surface area (Å²) in [5.74, 6) is -4.06. The molecule has 3 N–H and O–H groups in total. The standard InChI is InChI=1S/C39H43N7O7S2/c1-46-31(17-18-40-46)36(49)42-30-13-6-4-2-3-5-10-23-22-39(23,38(50)45-55(51,52)25-15-16-25)44-35(48)27-21-24(20-26(27)34(30)47)53-37-33(32-14-9-19-54-32)41-28-11-7-8-12-29(28)43-37/h5,7-12,14,17-19,23-27,30H,2-4,6,13,15-16,20-22H2,1H3,(H,42,49)(H,44,48)(H,45,50)/b10-5-/t23?,24-,26?,27+,30+,39+/m0/s1. The number of carbonyl (C=O) groups excluding carboxylic acids is 4. The number of aromatic nitrogens is 4. The second-order valence-electron chi connectivity index (χ2n) is 15.0. The molecule has 4 aromatic rings. The molecule has 8 rings (SSSR count). The Balaban J connectivity index is 1.13. The highest BCUT2D eigenvalue weighted by atomic mass is 32.2. The van der Waals surface area contributed by atoms with Crippen molar-refractivity contribution >= 4 is 55.9 Å². The van der Waals surface area contributed by atoms with Crippen molar-refractivity contribution in [2.24, 2.45) is 24.8 Å². The molecule has 3 aliphatic carbocycles. The molecule has 16 heteroatoms. The molecule has 0 spiro atoms. The van der Waals surface area contributed by atoms with Crippen LogP contribution in [-0.4, -0.2) is 74.6 Å². The summed E-state index contributed by atoms with van der Waals surface area (Å²) in [6, 6.07) is 11.9. The van der Waals surface area contributed by atoms with Crippen molar-refractivity contribution in [2.45, 2.75) is 87.1 Å². The number of carbonyl (C=O) groups is 4. The van der Waals surface area contributed by atoms with E-state index >= 15 is 0 Å².